The smallest absolute Gasteiger partial charge is 0.288 e. The summed E-state index contributed by atoms with van der Waals surface area (Å²) in [6.07, 6.45) is -0.390. The van der Waals surface area contributed by atoms with Gasteiger partial charge in [-0.3, -0.25) is 4.79 Å². The van der Waals surface area contributed by atoms with Crippen LogP contribution in [0.4, 0.5) is 0 Å². The van der Waals surface area contributed by atoms with Gasteiger partial charge in [0.2, 0.25) is 5.82 Å². The molecule has 2 rings (SSSR count). The largest absolute Gasteiger partial charge is 0.394 e. The van der Waals surface area contributed by atoms with Gasteiger partial charge in [0, 0.05) is 6.42 Å². The highest BCUT2D eigenvalue weighted by atomic mass is 16.5. The van der Waals surface area contributed by atoms with E-state index in [0.29, 0.717) is 6.42 Å². The van der Waals surface area contributed by atoms with Crippen molar-refractivity contribution >= 4 is 5.91 Å². The molecule has 1 aromatic heterocycles. The van der Waals surface area contributed by atoms with Crippen LogP contribution in [0.25, 0.3) is 0 Å². The first-order valence-corrected chi connectivity index (χ1v) is 4.77. The first-order valence-electron chi connectivity index (χ1n) is 4.77. The monoisotopic (exact) mass is 228 g/mol. The molecule has 1 aliphatic heterocycles. The lowest BCUT2D eigenvalue weighted by atomic mass is 10.2. The van der Waals surface area contributed by atoms with Gasteiger partial charge in [-0.15, -0.1) is 5.10 Å². The quantitative estimate of drug-likeness (QED) is 0.550. The summed E-state index contributed by atoms with van der Waals surface area (Å²) in [5, 5.41) is 22.3. The van der Waals surface area contributed by atoms with Crippen molar-refractivity contribution in [2.24, 2.45) is 5.73 Å². The van der Waals surface area contributed by atoms with E-state index in [9.17, 15) is 9.90 Å². The third kappa shape index (κ3) is 1.90. The fraction of sp³-hybridized carbons (Fsp3) is 0.625. The first-order chi connectivity index (χ1) is 7.61. The van der Waals surface area contributed by atoms with Crippen LogP contribution in [-0.2, 0) is 4.74 Å². The van der Waals surface area contributed by atoms with Crippen LogP contribution in [0.5, 0.6) is 0 Å². The van der Waals surface area contributed by atoms with Gasteiger partial charge in [-0.05, 0) is 0 Å². The molecule has 4 N–H and O–H groups in total. The second-order valence-electron chi connectivity index (χ2n) is 3.55. The zero-order valence-electron chi connectivity index (χ0n) is 8.35. The lowest BCUT2D eigenvalue weighted by molar-refractivity contribution is -0.0572. The van der Waals surface area contributed by atoms with Gasteiger partial charge in [0.05, 0.1) is 12.7 Å². The fourth-order valence-corrected chi connectivity index (χ4v) is 1.60. The Morgan fingerprint density at radius 1 is 1.75 bits per heavy atom. The van der Waals surface area contributed by atoms with Crippen molar-refractivity contribution in [3.05, 3.63) is 12.2 Å². The third-order valence-electron chi connectivity index (χ3n) is 2.36. The van der Waals surface area contributed by atoms with Gasteiger partial charge in [0.1, 0.15) is 12.4 Å². The minimum atomic E-state index is -0.792. The van der Waals surface area contributed by atoms with Gasteiger partial charge >= 0.3 is 0 Å². The Hall–Kier alpha value is -1.51. The van der Waals surface area contributed by atoms with Gasteiger partial charge in [-0.25, -0.2) is 9.67 Å². The Kier molecular flexibility index (Phi) is 2.86. The fourth-order valence-electron chi connectivity index (χ4n) is 1.60. The second-order valence-corrected chi connectivity index (χ2v) is 3.55. The molecule has 8 heteroatoms. The van der Waals surface area contributed by atoms with Crippen molar-refractivity contribution < 1.29 is 19.7 Å². The van der Waals surface area contributed by atoms with Gasteiger partial charge in [-0.1, -0.05) is 0 Å². The van der Waals surface area contributed by atoms with E-state index in [0.717, 1.165) is 0 Å². The summed E-state index contributed by atoms with van der Waals surface area (Å²) in [7, 11) is 0. The van der Waals surface area contributed by atoms with E-state index in [1.54, 1.807) is 0 Å². The van der Waals surface area contributed by atoms with Crippen LogP contribution in [-0.4, -0.2) is 49.7 Å². The Balaban J connectivity index is 2.15. The summed E-state index contributed by atoms with van der Waals surface area (Å²) < 4.78 is 6.53. The summed E-state index contributed by atoms with van der Waals surface area (Å²) in [6, 6.07) is 0. The van der Waals surface area contributed by atoms with Crippen LogP contribution in [0.3, 0.4) is 0 Å². The van der Waals surface area contributed by atoms with E-state index < -0.39 is 24.3 Å². The summed E-state index contributed by atoms with van der Waals surface area (Å²) in [5.74, 6) is -0.881. The Morgan fingerprint density at radius 3 is 3.00 bits per heavy atom. The molecule has 1 amide bonds. The number of carbonyl (C=O) groups excluding carboxylic acids is 1. The summed E-state index contributed by atoms with van der Waals surface area (Å²) in [5.41, 5.74) is 4.99. The van der Waals surface area contributed by atoms with E-state index in [1.165, 1.54) is 11.0 Å². The topological polar surface area (TPSA) is 123 Å². The molecule has 1 aromatic rings. The minimum absolute atomic E-state index is 0.136. The predicted molar refractivity (Wildman–Crippen MR) is 50.2 cm³/mol. The summed E-state index contributed by atoms with van der Waals surface area (Å²) in [6.45, 7) is -0.176. The number of hydrogen-bond acceptors (Lipinski definition) is 6. The van der Waals surface area contributed by atoms with Crippen molar-refractivity contribution in [1.82, 2.24) is 14.8 Å². The maximum Gasteiger partial charge on any atom is 0.288 e. The normalized spacial score (nSPS) is 29.5. The van der Waals surface area contributed by atoms with Crippen molar-refractivity contribution in [3.63, 3.8) is 0 Å². The number of primary amides is 1. The van der Waals surface area contributed by atoms with E-state index >= 15 is 0 Å². The van der Waals surface area contributed by atoms with Crippen LogP contribution >= 0.6 is 0 Å². The molecule has 8 nitrogen and oxygen atoms in total. The molecule has 88 valence electrons. The molecular formula is C8H12N4O4. The molecule has 3 atom stereocenters. The number of hydrogen-bond donors (Lipinski definition) is 3. The van der Waals surface area contributed by atoms with E-state index in [-0.39, 0.29) is 12.4 Å². The van der Waals surface area contributed by atoms with Crippen LogP contribution in [0.15, 0.2) is 6.33 Å². The number of aliphatic hydroxyl groups is 2. The van der Waals surface area contributed by atoms with Crippen LogP contribution in [0, 0.1) is 0 Å². The Morgan fingerprint density at radius 2 is 2.50 bits per heavy atom. The number of aliphatic hydroxyl groups excluding tert-OH is 2. The average molecular weight is 228 g/mol. The Bertz CT molecular complexity index is 393. The lowest BCUT2D eigenvalue weighted by Crippen LogP contribution is -2.21. The molecule has 0 radical (unpaired) electrons. The number of nitrogens with zero attached hydrogens (tertiary/aromatic N) is 3. The third-order valence-corrected chi connectivity index (χ3v) is 2.36. The molecule has 2 heterocycles. The van der Waals surface area contributed by atoms with Crippen LogP contribution in [0.1, 0.15) is 23.3 Å². The molecule has 0 spiro atoms. The molecule has 0 aromatic carbocycles. The zero-order valence-corrected chi connectivity index (χ0v) is 8.35. The lowest BCUT2D eigenvalue weighted by Gasteiger charge is -2.13. The van der Waals surface area contributed by atoms with E-state index in [2.05, 4.69) is 10.1 Å². The first kappa shape index (κ1) is 11.0. The molecule has 1 aliphatic rings. The predicted octanol–water partition coefficient (Wildman–Crippen LogP) is -1.98. The van der Waals surface area contributed by atoms with Gasteiger partial charge in [0.15, 0.2) is 6.23 Å². The van der Waals surface area contributed by atoms with Gasteiger partial charge in [-0.2, -0.15) is 0 Å². The minimum Gasteiger partial charge on any atom is -0.394 e. The molecular weight excluding hydrogens is 216 g/mol. The molecule has 0 bridgehead atoms. The number of ether oxygens (including phenoxy) is 1. The number of rotatable bonds is 3. The van der Waals surface area contributed by atoms with Gasteiger partial charge < -0.3 is 20.7 Å². The summed E-state index contributed by atoms with van der Waals surface area (Å²) in [4.78, 5) is 14.4. The standard InChI is InChI=1S/C8H12N4O4/c9-6(15)7-10-3-12(11-7)8-5(14)1-4(2-13)16-8/h3-5,8,13-14H,1-2H2,(H2,9,15)/t4-,5?,8+/m1/s1. The number of nitrogens with two attached hydrogens (primary N) is 1. The maximum absolute atomic E-state index is 10.8. The highest BCUT2D eigenvalue weighted by molar-refractivity contribution is 5.88. The second kappa shape index (κ2) is 4.16. The van der Waals surface area contributed by atoms with Crippen molar-refractivity contribution in [2.45, 2.75) is 24.9 Å². The maximum atomic E-state index is 10.8. The number of carbonyl (C=O) groups is 1. The van der Waals surface area contributed by atoms with Crippen LogP contribution in [0.2, 0.25) is 0 Å². The molecule has 16 heavy (non-hydrogen) atoms. The molecule has 1 unspecified atom stereocenters. The molecule has 0 saturated carbocycles. The molecule has 1 saturated heterocycles. The van der Waals surface area contributed by atoms with Crippen LogP contribution < -0.4 is 5.73 Å². The SMILES string of the molecule is NC(=O)c1ncn([C@H]2O[C@@H](CO)CC2O)n1. The highest BCUT2D eigenvalue weighted by Crippen LogP contribution is 2.27. The van der Waals surface area contributed by atoms with Crippen molar-refractivity contribution in [2.75, 3.05) is 6.61 Å². The Labute approximate surface area is 90.6 Å². The highest BCUT2D eigenvalue weighted by Gasteiger charge is 2.35. The average Bonchev–Trinajstić information content (AvgIpc) is 2.83. The van der Waals surface area contributed by atoms with Crippen molar-refractivity contribution in [3.8, 4) is 0 Å². The number of amides is 1. The van der Waals surface area contributed by atoms with E-state index in [4.69, 9.17) is 15.6 Å². The summed E-state index contributed by atoms with van der Waals surface area (Å²) >= 11 is 0. The van der Waals surface area contributed by atoms with Gasteiger partial charge in [0.25, 0.3) is 5.91 Å². The zero-order chi connectivity index (χ0) is 11.7. The number of aromatic nitrogens is 3. The van der Waals surface area contributed by atoms with Crippen molar-refractivity contribution in [1.29, 1.82) is 0 Å². The molecule has 0 aliphatic carbocycles. The van der Waals surface area contributed by atoms with E-state index in [1.807, 2.05) is 0 Å². The molecule has 1 fully saturated rings.